The van der Waals surface area contributed by atoms with Crippen LogP contribution in [0.3, 0.4) is 0 Å². The lowest BCUT2D eigenvalue weighted by atomic mass is 10.1. The number of thiophene rings is 1. The van der Waals surface area contributed by atoms with Gasteiger partial charge >= 0.3 is 0 Å². The van der Waals surface area contributed by atoms with Gasteiger partial charge in [0.25, 0.3) is 0 Å². The highest BCUT2D eigenvalue weighted by Crippen LogP contribution is 2.18. The Morgan fingerprint density at radius 1 is 1.19 bits per heavy atom. The van der Waals surface area contributed by atoms with E-state index in [4.69, 9.17) is 0 Å². The summed E-state index contributed by atoms with van der Waals surface area (Å²) < 4.78 is 2.01. The van der Waals surface area contributed by atoms with Gasteiger partial charge < -0.3 is 9.88 Å². The van der Waals surface area contributed by atoms with Gasteiger partial charge in [-0.1, -0.05) is 12.1 Å². The molecule has 1 unspecified atom stereocenters. The van der Waals surface area contributed by atoms with Crippen molar-refractivity contribution < 1.29 is 0 Å². The minimum absolute atomic E-state index is 0.337. The predicted molar refractivity (Wildman–Crippen MR) is 87.9 cm³/mol. The Labute approximate surface area is 129 Å². The first-order chi connectivity index (χ1) is 10.2. The molecule has 0 spiro atoms. The molecule has 0 fully saturated rings. The molecule has 1 aromatic carbocycles. The molecular weight excluding hydrogens is 278 g/mol. The van der Waals surface area contributed by atoms with E-state index < -0.39 is 0 Å². The van der Waals surface area contributed by atoms with Gasteiger partial charge in [-0.15, -0.1) is 11.3 Å². The van der Waals surface area contributed by atoms with Gasteiger partial charge in [-0.3, -0.25) is 0 Å². The van der Waals surface area contributed by atoms with Crippen molar-refractivity contribution in [2.45, 2.75) is 26.4 Å². The highest BCUT2D eigenvalue weighted by Gasteiger charge is 2.06. The Bertz CT molecular complexity index is 683. The van der Waals surface area contributed by atoms with E-state index in [1.807, 2.05) is 28.4 Å². The second-order valence-corrected chi connectivity index (χ2v) is 6.55. The molecule has 0 saturated heterocycles. The summed E-state index contributed by atoms with van der Waals surface area (Å²) in [5.41, 5.74) is 2.43. The third-order valence-electron chi connectivity index (χ3n) is 3.57. The van der Waals surface area contributed by atoms with Crippen molar-refractivity contribution in [1.82, 2.24) is 14.9 Å². The fourth-order valence-corrected chi connectivity index (χ4v) is 3.14. The summed E-state index contributed by atoms with van der Waals surface area (Å²) in [6.07, 6.45) is 5.56. The van der Waals surface area contributed by atoms with Crippen molar-refractivity contribution in [3.63, 3.8) is 0 Å². The molecule has 0 aliphatic carbocycles. The SMILES string of the molecule is Cc1ccc(CNC(C)c2ccc(-n3ccnc3)cc2)s1. The number of hydrogen-bond donors (Lipinski definition) is 1. The molecule has 0 aliphatic rings. The van der Waals surface area contributed by atoms with Crippen LogP contribution in [0.2, 0.25) is 0 Å². The van der Waals surface area contributed by atoms with Gasteiger partial charge in [0.15, 0.2) is 0 Å². The summed E-state index contributed by atoms with van der Waals surface area (Å²) in [4.78, 5) is 6.82. The first kappa shape index (κ1) is 14.0. The van der Waals surface area contributed by atoms with Gasteiger partial charge in [-0.25, -0.2) is 4.98 Å². The zero-order chi connectivity index (χ0) is 14.7. The van der Waals surface area contributed by atoms with Gasteiger partial charge in [0.1, 0.15) is 0 Å². The van der Waals surface area contributed by atoms with Crippen LogP contribution in [0.25, 0.3) is 5.69 Å². The standard InChI is InChI=1S/C17H19N3S/c1-13-3-8-17(21-13)11-19-14(2)15-4-6-16(7-5-15)20-10-9-18-12-20/h3-10,12,14,19H,11H2,1-2H3. The van der Waals surface area contributed by atoms with E-state index in [1.54, 1.807) is 6.20 Å². The highest BCUT2D eigenvalue weighted by atomic mass is 32.1. The van der Waals surface area contributed by atoms with Crippen LogP contribution in [-0.4, -0.2) is 9.55 Å². The number of benzene rings is 1. The summed E-state index contributed by atoms with van der Waals surface area (Å²) in [6, 6.07) is 13.3. The van der Waals surface area contributed by atoms with Crippen LogP contribution < -0.4 is 5.32 Å². The summed E-state index contributed by atoms with van der Waals surface area (Å²) >= 11 is 1.85. The number of aryl methyl sites for hydroxylation is 1. The molecule has 3 nitrogen and oxygen atoms in total. The van der Waals surface area contributed by atoms with Crippen molar-refractivity contribution >= 4 is 11.3 Å². The first-order valence-electron chi connectivity index (χ1n) is 7.09. The Kier molecular flexibility index (Phi) is 4.18. The lowest BCUT2D eigenvalue weighted by Gasteiger charge is -2.14. The van der Waals surface area contributed by atoms with Crippen LogP contribution >= 0.6 is 11.3 Å². The molecule has 3 aromatic rings. The summed E-state index contributed by atoms with van der Waals surface area (Å²) in [5.74, 6) is 0. The quantitative estimate of drug-likeness (QED) is 0.768. The van der Waals surface area contributed by atoms with Crippen LogP contribution in [0.1, 0.15) is 28.3 Å². The largest absolute Gasteiger partial charge is 0.306 e. The molecule has 4 heteroatoms. The summed E-state index contributed by atoms with van der Waals surface area (Å²) in [7, 11) is 0. The van der Waals surface area contributed by atoms with Crippen LogP contribution in [-0.2, 0) is 6.54 Å². The Morgan fingerprint density at radius 3 is 2.62 bits per heavy atom. The molecule has 0 amide bonds. The molecule has 1 atom stereocenters. The fourth-order valence-electron chi connectivity index (χ4n) is 2.30. The minimum Gasteiger partial charge on any atom is -0.306 e. The lowest BCUT2D eigenvalue weighted by Crippen LogP contribution is -2.17. The van der Waals surface area contributed by atoms with E-state index in [9.17, 15) is 0 Å². The number of nitrogens with one attached hydrogen (secondary N) is 1. The molecule has 0 radical (unpaired) electrons. The molecule has 2 heterocycles. The van der Waals surface area contributed by atoms with Gasteiger partial charge in [0, 0.05) is 40.4 Å². The molecule has 3 rings (SSSR count). The predicted octanol–water partition coefficient (Wildman–Crippen LogP) is 4.09. The van der Waals surface area contributed by atoms with Crippen molar-refractivity contribution in [2.24, 2.45) is 0 Å². The number of aromatic nitrogens is 2. The zero-order valence-electron chi connectivity index (χ0n) is 12.3. The normalized spacial score (nSPS) is 12.5. The third-order valence-corrected chi connectivity index (χ3v) is 4.57. The number of hydrogen-bond acceptors (Lipinski definition) is 3. The van der Waals surface area contributed by atoms with Crippen LogP contribution in [0, 0.1) is 6.92 Å². The van der Waals surface area contributed by atoms with Crippen molar-refractivity contribution in [2.75, 3.05) is 0 Å². The molecule has 2 aromatic heterocycles. The summed E-state index contributed by atoms with van der Waals surface area (Å²) in [5, 5.41) is 3.57. The van der Waals surface area contributed by atoms with Crippen LogP contribution in [0.4, 0.5) is 0 Å². The van der Waals surface area contributed by atoms with Gasteiger partial charge in [-0.2, -0.15) is 0 Å². The molecule has 0 bridgehead atoms. The van der Waals surface area contributed by atoms with Gasteiger partial charge in [0.05, 0.1) is 6.33 Å². The van der Waals surface area contributed by atoms with E-state index in [2.05, 4.69) is 60.5 Å². The van der Waals surface area contributed by atoms with Crippen LogP contribution in [0.5, 0.6) is 0 Å². The maximum atomic E-state index is 4.07. The highest BCUT2D eigenvalue weighted by molar-refractivity contribution is 7.11. The number of imidazole rings is 1. The first-order valence-corrected chi connectivity index (χ1v) is 7.91. The Hall–Kier alpha value is -1.91. The second-order valence-electron chi connectivity index (χ2n) is 5.18. The van der Waals surface area contributed by atoms with Gasteiger partial charge in [0.2, 0.25) is 0 Å². The summed E-state index contributed by atoms with van der Waals surface area (Å²) in [6.45, 7) is 5.27. The van der Waals surface area contributed by atoms with E-state index in [-0.39, 0.29) is 0 Å². The Balaban J connectivity index is 1.63. The number of rotatable bonds is 5. The minimum atomic E-state index is 0.337. The van der Waals surface area contributed by atoms with Crippen molar-refractivity contribution in [3.8, 4) is 5.69 Å². The van der Waals surface area contributed by atoms with E-state index in [0.717, 1.165) is 12.2 Å². The van der Waals surface area contributed by atoms with Crippen molar-refractivity contribution in [1.29, 1.82) is 0 Å². The zero-order valence-corrected chi connectivity index (χ0v) is 13.1. The molecule has 21 heavy (non-hydrogen) atoms. The fraction of sp³-hybridized carbons (Fsp3) is 0.235. The van der Waals surface area contributed by atoms with Crippen LogP contribution in [0.15, 0.2) is 55.1 Å². The van der Waals surface area contributed by atoms with E-state index in [1.165, 1.54) is 15.3 Å². The monoisotopic (exact) mass is 297 g/mol. The van der Waals surface area contributed by atoms with E-state index >= 15 is 0 Å². The maximum absolute atomic E-state index is 4.07. The molecule has 108 valence electrons. The lowest BCUT2D eigenvalue weighted by molar-refractivity contribution is 0.579. The molecule has 1 N–H and O–H groups in total. The van der Waals surface area contributed by atoms with Crippen molar-refractivity contribution in [3.05, 3.63) is 70.4 Å². The average Bonchev–Trinajstić information content (AvgIpc) is 3.16. The molecular formula is C17H19N3S. The maximum Gasteiger partial charge on any atom is 0.0991 e. The average molecular weight is 297 g/mol. The second kappa shape index (κ2) is 6.24. The number of nitrogens with zero attached hydrogens (tertiary/aromatic N) is 2. The van der Waals surface area contributed by atoms with Gasteiger partial charge in [-0.05, 0) is 43.7 Å². The topological polar surface area (TPSA) is 29.9 Å². The Morgan fingerprint density at radius 2 is 2.00 bits per heavy atom. The van der Waals surface area contributed by atoms with E-state index in [0.29, 0.717) is 6.04 Å². The third kappa shape index (κ3) is 3.40. The smallest absolute Gasteiger partial charge is 0.0991 e. The molecule has 0 aliphatic heterocycles. The molecule has 0 saturated carbocycles.